The fourth-order valence-electron chi connectivity index (χ4n) is 1.63. The summed E-state index contributed by atoms with van der Waals surface area (Å²) in [6.07, 6.45) is 1.86. The van der Waals surface area contributed by atoms with Gasteiger partial charge in [0.25, 0.3) is 0 Å². The van der Waals surface area contributed by atoms with Crippen LogP contribution in [0.5, 0.6) is 0 Å². The van der Waals surface area contributed by atoms with Gasteiger partial charge in [-0.2, -0.15) is 0 Å². The van der Waals surface area contributed by atoms with Gasteiger partial charge in [-0.3, -0.25) is 0 Å². The molecule has 0 spiro atoms. The Morgan fingerprint density at radius 3 is 2.73 bits per heavy atom. The molecule has 0 aliphatic carbocycles. The Bertz CT molecular complexity index is 309. The molecule has 15 heavy (non-hydrogen) atoms. The molecule has 1 aromatic carbocycles. The molecule has 2 nitrogen and oxygen atoms in total. The molecule has 0 fully saturated rings. The number of rotatable bonds is 5. The van der Waals surface area contributed by atoms with Gasteiger partial charge in [-0.1, -0.05) is 12.1 Å². The third kappa shape index (κ3) is 3.92. The van der Waals surface area contributed by atoms with Gasteiger partial charge in [0.15, 0.2) is 0 Å². The lowest BCUT2D eigenvalue weighted by molar-refractivity contribution is 0.282. The van der Waals surface area contributed by atoms with Crippen molar-refractivity contribution < 1.29 is 5.11 Å². The van der Waals surface area contributed by atoms with E-state index in [0.717, 1.165) is 12.8 Å². The van der Waals surface area contributed by atoms with Gasteiger partial charge in [-0.15, -0.1) is 0 Å². The van der Waals surface area contributed by atoms with Gasteiger partial charge in [0, 0.05) is 18.3 Å². The minimum absolute atomic E-state index is 0.277. The van der Waals surface area contributed by atoms with Gasteiger partial charge >= 0.3 is 0 Å². The normalized spacial score (nSPS) is 12.5. The van der Waals surface area contributed by atoms with Crippen molar-refractivity contribution in [3.63, 3.8) is 0 Å². The monoisotopic (exact) mass is 207 g/mol. The topological polar surface area (TPSA) is 32.3 Å². The summed E-state index contributed by atoms with van der Waals surface area (Å²) >= 11 is 0. The van der Waals surface area contributed by atoms with Crippen LogP contribution in [0.15, 0.2) is 18.2 Å². The number of nitrogens with one attached hydrogen (secondary N) is 1. The zero-order chi connectivity index (χ0) is 11.3. The number of benzene rings is 1. The summed E-state index contributed by atoms with van der Waals surface area (Å²) < 4.78 is 0. The third-order valence-electron chi connectivity index (χ3n) is 2.59. The molecule has 1 unspecified atom stereocenters. The second-order valence-electron chi connectivity index (χ2n) is 4.23. The van der Waals surface area contributed by atoms with Crippen molar-refractivity contribution in [1.82, 2.24) is 0 Å². The molecule has 84 valence electrons. The molecule has 1 aromatic rings. The molecule has 1 rings (SSSR count). The Hall–Kier alpha value is -1.02. The average Bonchev–Trinajstić information content (AvgIpc) is 2.20. The largest absolute Gasteiger partial charge is 0.396 e. The molecule has 0 heterocycles. The Morgan fingerprint density at radius 1 is 1.33 bits per heavy atom. The number of hydrogen-bond donors (Lipinski definition) is 2. The zero-order valence-electron chi connectivity index (χ0n) is 9.88. The first-order valence-corrected chi connectivity index (χ1v) is 5.58. The van der Waals surface area contributed by atoms with Crippen molar-refractivity contribution in [2.24, 2.45) is 0 Å². The molecule has 0 amide bonds. The first kappa shape index (κ1) is 12.1. The van der Waals surface area contributed by atoms with Gasteiger partial charge in [0.1, 0.15) is 0 Å². The Morgan fingerprint density at radius 2 is 2.07 bits per heavy atom. The van der Waals surface area contributed by atoms with Crippen LogP contribution in [-0.2, 0) is 0 Å². The van der Waals surface area contributed by atoms with Crippen molar-refractivity contribution in [2.45, 2.75) is 39.7 Å². The van der Waals surface area contributed by atoms with Crippen molar-refractivity contribution in [3.8, 4) is 0 Å². The second kappa shape index (κ2) is 5.76. The Labute approximate surface area is 92.3 Å². The number of aryl methyl sites for hydroxylation is 2. The number of aliphatic hydroxyl groups is 1. The third-order valence-corrected chi connectivity index (χ3v) is 2.59. The molecule has 0 saturated carbocycles. The molecule has 0 saturated heterocycles. The Kier molecular flexibility index (Phi) is 4.63. The van der Waals surface area contributed by atoms with E-state index in [1.165, 1.54) is 16.8 Å². The van der Waals surface area contributed by atoms with Crippen LogP contribution in [0.4, 0.5) is 5.69 Å². The molecular formula is C13H21NO. The van der Waals surface area contributed by atoms with E-state index in [0.29, 0.717) is 6.04 Å². The van der Waals surface area contributed by atoms with Gasteiger partial charge in [0.2, 0.25) is 0 Å². The van der Waals surface area contributed by atoms with Crippen LogP contribution < -0.4 is 5.32 Å². The van der Waals surface area contributed by atoms with E-state index >= 15 is 0 Å². The molecule has 0 aliphatic rings. The van der Waals surface area contributed by atoms with Crippen molar-refractivity contribution in [1.29, 1.82) is 0 Å². The van der Waals surface area contributed by atoms with Crippen LogP contribution >= 0.6 is 0 Å². The first-order chi connectivity index (χ1) is 7.13. The summed E-state index contributed by atoms with van der Waals surface area (Å²) in [6.45, 7) is 6.64. The van der Waals surface area contributed by atoms with Gasteiger partial charge in [-0.25, -0.2) is 0 Å². The van der Waals surface area contributed by atoms with Crippen LogP contribution in [0.2, 0.25) is 0 Å². The second-order valence-corrected chi connectivity index (χ2v) is 4.23. The molecule has 1 atom stereocenters. The SMILES string of the molecule is Cc1ccc(C)c(NC(C)CCCO)c1. The Balaban J connectivity index is 2.59. The van der Waals surface area contributed by atoms with Crippen LogP contribution in [0.1, 0.15) is 30.9 Å². The number of hydrogen-bond acceptors (Lipinski definition) is 2. The van der Waals surface area contributed by atoms with E-state index in [2.05, 4.69) is 44.3 Å². The van der Waals surface area contributed by atoms with Crippen LogP contribution in [0.3, 0.4) is 0 Å². The van der Waals surface area contributed by atoms with Crippen LogP contribution in [0.25, 0.3) is 0 Å². The minimum Gasteiger partial charge on any atom is -0.396 e. The van der Waals surface area contributed by atoms with E-state index in [1.807, 2.05) is 0 Å². The smallest absolute Gasteiger partial charge is 0.0431 e. The molecule has 0 radical (unpaired) electrons. The maximum atomic E-state index is 8.75. The lowest BCUT2D eigenvalue weighted by Crippen LogP contribution is -2.16. The van der Waals surface area contributed by atoms with Gasteiger partial charge in [-0.05, 0) is 50.8 Å². The summed E-state index contributed by atoms with van der Waals surface area (Å²) in [5.74, 6) is 0. The fraction of sp³-hybridized carbons (Fsp3) is 0.538. The molecule has 2 N–H and O–H groups in total. The zero-order valence-corrected chi connectivity index (χ0v) is 9.88. The molecule has 0 aliphatic heterocycles. The quantitative estimate of drug-likeness (QED) is 0.778. The highest BCUT2D eigenvalue weighted by atomic mass is 16.2. The van der Waals surface area contributed by atoms with E-state index in [1.54, 1.807) is 0 Å². The van der Waals surface area contributed by atoms with Gasteiger partial charge < -0.3 is 10.4 Å². The fourth-order valence-corrected chi connectivity index (χ4v) is 1.63. The summed E-state index contributed by atoms with van der Waals surface area (Å²) in [5.41, 5.74) is 3.76. The maximum absolute atomic E-state index is 8.75. The highest BCUT2D eigenvalue weighted by Crippen LogP contribution is 2.18. The molecular weight excluding hydrogens is 186 g/mol. The lowest BCUT2D eigenvalue weighted by Gasteiger charge is -2.17. The number of anilines is 1. The summed E-state index contributed by atoms with van der Waals surface area (Å²) in [7, 11) is 0. The standard InChI is InChI=1S/C13H21NO/c1-10-6-7-11(2)13(9-10)14-12(3)5-4-8-15/h6-7,9,12,14-15H,4-5,8H2,1-3H3. The van der Waals surface area contributed by atoms with Crippen molar-refractivity contribution in [3.05, 3.63) is 29.3 Å². The molecule has 2 heteroatoms. The van der Waals surface area contributed by atoms with E-state index in [9.17, 15) is 0 Å². The number of aliphatic hydroxyl groups excluding tert-OH is 1. The summed E-state index contributed by atoms with van der Waals surface area (Å²) in [6, 6.07) is 6.85. The van der Waals surface area contributed by atoms with E-state index in [4.69, 9.17) is 5.11 Å². The highest BCUT2D eigenvalue weighted by Gasteiger charge is 2.03. The summed E-state index contributed by atoms with van der Waals surface area (Å²) in [4.78, 5) is 0. The molecule has 0 bridgehead atoms. The van der Waals surface area contributed by atoms with Crippen molar-refractivity contribution in [2.75, 3.05) is 11.9 Å². The predicted molar refractivity (Wildman–Crippen MR) is 65.3 cm³/mol. The van der Waals surface area contributed by atoms with E-state index in [-0.39, 0.29) is 6.61 Å². The summed E-state index contributed by atoms with van der Waals surface area (Å²) in [5, 5.41) is 12.2. The molecule has 0 aromatic heterocycles. The predicted octanol–water partition coefficient (Wildman–Crippen LogP) is 2.88. The average molecular weight is 207 g/mol. The minimum atomic E-state index is 0.277. The first-order valence-electron chi connectivity index (χ1n) is 5.58. The van der Waals surface area contributed by atoms with Crippen molar-refractivity contribution >= 4 is 5.69 Å². The van der Waals surface area contributed by atoms with Crippen LogP contribution in [-0.4, -0.2) is 17.8 Å². The highest BCUT2D eigenvalue weighted by molar-refractivity contribution is 5.52. The van der Waals surface area contributed by atoms with Crippen LogP contribution in [0, 0.1) is 13.8 Å². The van der Waals surface area contributed by atoms with E-state index < -0.39 is 0 Å². The van der Waals surface area contributed by atoms with Gasteiger partial charge in [0.05, 0.1) is 0 Å². The lowest BCUT2D eigenvalue weighted by atomic mass is 10.1. The maximum Gasteiger partial charge on any atom is 0.0431 e.